The van der Waals surface area contributed by atoms with Gasteiger partial charge >= 0.3 is 6.03 Å². The predicted octanol–water partition coefficient (Wildman–Crippen LogP) is 2.62. The quantitative estimate of drug-likeness (QED) is 0.902. The SMILES string of the molecule is N#Cc1cccc(NC(=O)NC2CCN(c3ccccc3F)C2=O)c1. The Labute approximate surface area is 143 Å². The summed E-state index contributed by atoms with van der Waals surface area (Å²) in [7, 11) is 0. The second-order valence-corrected chi connectivity index (χ2v) is 5.57. The van der Waals surface area contributed by atoms with Gasteiger partial charge in [0.2, 0.25) is 5.91 Å². The van der Waals surface area contributed by atoms with Crippen molar-refractivity contribution in [2.45, 2.75) is 12.5 Å². The summed E-state index contributed by atoms with van der Waals surface area (Å²) in [4.78, 5) is 25.8. The van der Waals surface area contributed by atoms with Crippen LogP contribution < -0.4 is 15.5 Å². The van der Waals surface area contributed by atoms with Crippen LogP contribution in [0.1, 0.15) is 12.0 Å². The maximum atomic E-state index is 13.8. The summed E-state index contributed by atoms with van der Waals surface area (Å²) in [6.45, 7) is 0.328. The van der Waals surface area contributed by atoms with E-state index in [1.165, 1.54) is 23.1 Å². The van der Waals surface area contributed by atoms with E-state index in [2.05, 4.69) is 10.6 Å². The molecule has 0 saturated carbocycles. The topological polar surface area (TPSA) is 85.2 Å². The van der Waals surface area contributed by atoms with Gasteiger partial charge in [-0.15, -0.1) is 0 Å². The second kappa shape index (κ2) is 7.01. The van der Waals surface area contributed by atoms with Gasteiger partial charge in [-0.3, -0.25) is 4.79 Å². The molecule has 6 nitrogen and oxygen atoms in total. The molecule has 3 rings (SSSR count). The molecule has 2 aromatic carbocycles. The summed E-state index contributed by atoms with van der Waals surface area (Å²) in [6.07, 6.45) is 0.388. The molecule has 0 bridgehead atoms. The first-order chi connectivity index (χ1) is 12.1. The van der Waals surface area contributed by atoms with Gasteiger partial charge in [-0.25, -0.2) is 9.18 Å². The largest absolute Gasteiger partial charge is 0.326 e. The zero-order valence-corrected chi connectivity index (χ0v) is 13.2. The number of rotatable bonds is 3. The molecule has 1 atom stereocenters. The number of urea groups is 1. The first-order valence-electron chi connectivity index (χ1n) is 7.72. The summed E-state index contributed by atoms with van der Waals surface area (Å²) in [5.41, 5.74) is 1.08. The first kappa shape index (κ1) is 16.5. The summed E-state index contributed by atoms with van der Waals surface area (Å²) >= 11 is 0. The van der Waals surface area contributed by atoms with Crippen LogP contribution in [-0.4, -0.2) is 24.5 Å². The Balaban J connectivity index is 1.64. The average Bonchev–Trinajstić information content (AvgIpc) is 2.96. The minimum atomic E-state index is -0.723. The third-order valence-corrected chi connectivity index (χ3v) is 3.90. The average molecular weight is 338 g/mol. The van der Waals surface area contributed by atoms with E-state index in [4.69, 9.17) is 5.26 Å². The molecule has 0 spiro atoms. The Morgan fingerprint density at radius 2 is 2.04 bits per heavy atom. The lowest BCUT2D eigenvalue weighted by molar-refractivity contribution is -0.118. The van der Waals surface area contributed by atoms with E-state index in [1.807, 2.05) is 6.07 Å². The number of hydrogen-bond acceptors (Lipinski definition) is 3. The van der Waals surface area contributed by atoms with Crippen LogP contribution in [0.15, 0.2) is 48.5 Å². The number of nitrogens with zero attached hydrogens (tertiary/aromatic N) is 2. The number of benzene rings is 2. The highest BCUT2D eigenvalue weighted by Gasteiger charge is 2.34. The van der Waals surface area contributed by atoms with E-state index in [9.17, 15) is 14.0 Å². The molecule has 0 aliphatic carbocycles. The van der Waals surface area contributed by atoms with Gasteiger partial charge < -0.3 is 15.5 Å². The molecule has 1 unspecified atom stereocenters. The lowest BCUT2D eigenvalue weighted by atomic mass is 10.2. The van der Waals surface area contributed by atoms with Gasteiger partial charge in [0.1, 0.15) is 11.9 Å². The molecule has 7 heteroatoms. The maximum absolute atomic E-state index is 13.8. The lowest BCUT2D eigenvalue weighted by Crippen LogP contribution is -2.43. The van der Waals surface area contributed by atoms with E-state index in [1.54, 1.807) is 30.3 Å². The fourth-order valence-corrected chi connectivity index (χ4v) is 2.72. The van der Waals surface area contributed by atoms with E-state index in [0.29, 0.717) is 24.2 Å². The van der Waals surface area contributed by atoms with Crippen LogP contribution in [0.5, 0.6) is 0 Å². The van der Waals surface area contributed by atoms with Crippen molar-refractivity contribution in [2.24, 2.45) is 0 Å². The number of carbonyl (C=O) groups is 2. The third kappa shape index (κ3) is 3.58. The van der Waals surface area contributed by atoms with E-state index in [0.717, 1.165) is 0 Å². The molecule has 1 saturated heterocycles. The second-order valence-electron chi connectivity index (χ2n) is 5.57. The van der Waals surface area contributed by atoms with Gasteiger partial charge in [0.05, 0.1) is 17.3 Å². The number of anilines is 2. The summed E-state index contributed by atoms with van der Waals surface area (Å²) in [5.74, 6) is -0.833. The van der Waals surface area contributed by atoms with E-state index in [-0.39, 0.29) is 11.6 Å². The molecule has 1 aliphatic heterocycles. The number of para-hydroxylation sites is 1. The normalized spacial score (nSPS) is 16.4. The molecule has 2 N–H and O–H groups in total. The Morgan fingerprint density at radius 1 is 1.24 bits per heavy atom. The smallest absolute Gasteiger partial charge is 0.319 e. The van der Waals surface area contributed by atoms with Crippen molar-refractivity contribution in [1.82, 2.24) is 5.32 Å². The van der Waals surface area contributed by atoms with E-state index < -0.39 is 17.9 Å². The van der Waals surface area contributed by atoms with Crippen molar-refractivity contribution < 1.29 is 14.0 Å². The van der Waals surface area contributed by atoms with Crippen molar-refractivity contribution in [3.8, 4) is 6.07 Å². The Morgan fingerprint density at radius 3 is 2.80 bits per heavy atom. The molecular formula is C18H15FN4O2. The zero-order chi connectivity index (χ0) is 17.8. The highest BCUT2D eigenvalue weighted by atomic mass is 19.1. The fourth-order valence-electron chi connectivity index (χ4n) is 2.72. The lowest BCUT2D eigenvalue weighted by Gasteiger charge is -2.18. The molecule has 0 aromatic heterocycles. The Hall–Kier alpha value is -3.40. The minimum absolute atomic E-state index is 0.207. The van der Waals surface area contributed by atoms with Crippen LogP contribution in [0.4, 0.5) is 20.6 Å². The van der Waals surface area contributed by atoms with Crippen molar-refractivity contribution >= 4 is 23.3 Å². The van der Waals surface area contributed by atoms with Gasteiger partial charge in [-0.1, -0.05) is 18.2 Å². The van der Waals surface area contributed by atoms with Crippen LogP contribution in [-0.2, 0) is 4.79 Å². The number of halogens is 1. The molecule has 25 heavy (non-hydrogen) atoms. The molecule has 0 radical (unpaired) electrons. The molecular weight excluding hydrogens is 323 g/mol. The van der Waals surface area contributed by atoms with Crippen LogP contribution in [0.2, 0.25) is 0 Å². The highest BCUT2D eigenvalue weighted by Crippen LogP contribution is 2.24. The Kier molecular flexibility index (Phi) is 4.61. The molecule has 1 fully saturated rings. The standard InChI is InChI=1S/C18H15FN4O2/c19-14-6-1-2-7-16(14)23-9-8-15(17(23)24)22-18(25)21-13-5-3-4-12(10-13)11-20/h1-7,10,15H,8-9H2,(H2,21,22,25). The summed E-state index contributed by atoms with van der Waals surface area (Å²) in [6, 6.07) is 13.2. The summed E-state index contributed by atoms with van der Waals surface area (Å²) < 4.78 is 13.8. The Bertz CT molecular complexity index is 862. The predicted molar refractivity (Wildman–Crippen MR) is 90.5 cm³/mol. The van der Waals surface area contributed by atoms with Crippen LogP contribution in [0, 0.1) is 17.1 Å². The van der Waals surface area contributed by atoms with Gasteiger partial charge in [0, 0.05) is 12.2 Å². The van der Waals surface area contributed by atoms with Crippen molar-refractivity contribution in [3.05, 3.63) is 59.9 Å². The zero-order valence-electron chi connectivity index (χ0n) is 13.2. The monoisotopic (exact) mass is 338 g/mol. The van der Waals surface area contributed by atoms with Crippen molar-refractivity contribution in [3.63, 3.8) is 0 Å². The molecule has 2 aromatic rings. The number of carbonyl (C=O) groups excluding carboxylic acids is 2. The maximum Gasteiger partial charge on any atom is 0.319 e. The van der Waals surface area contributed by atoms with Gasteiger partial charge in [0.15, 0.2) is 0 Å². The number of nitriles is 1. The minimum Gasteiger partial charge on any atom is -0.326 e. The van der Waals surface area contributed by atoms with Crippen LogP contribution in [0.3, 0.4) is 0 Å². The molecule has 126 valence electrons. The summed E-state index contributed by atoms with van der Waals surface area (Å²) in [5, 5.41) is 14.0. The van der Waals surface area contributed by atoms with Crippen LogP contribution in [0.25, 0.3) is 0 Å². The molecule has 3 amide bonds. The van der Waals surface area contributed by atoms with Gasteiger partial charge in [-0.2, -0.15) is 5.26 Å². The third-order valence-electron chi connectivity index (χ3n) is 3.90. The first-order valence-corrected chi connectivity index (χ1v) is 7.72. The van der Waals surface area contributed by atoms with Crippen molar-refractivity contribution in [1.29, 1.82) is 5.26 Å². The molecule has 1 heterocycles. The van der Waals surface area contributed by atoms with Gasteiger partial charge in [0.25, 0.3) is 0 Å². The van der Waals surface area contributed by atoms with Crippen LogP contribution >= 0.6 is 0 Å². The highest BCUT2D eigenvalue weighted by molar-refractivity contribution is 6.02. The van der Waals surface area contributed by atoms with Crippen molar-refractivity contribution in [2.75, 3.05) is 16.8 Å². The van der Waals surface area contributed by atoms with Gasteiger partial charge in [-0.05, 0) is 36.8 Å². The fraction of sp³-hybridized carbons (Fsp3) is 0.167. The molecule has 1 aliphatic rings. The van der Waals surface area contributed by atoms with E-state index >= 15 is 0 Å². The number of nitrogens with one attached hydrogen (secondary N) is 2. The number of hydrogen-bond donors (Lipinski definition) is 2. The number of amides is 3.